The van der Waals surface area contributed by atoms with Crippen molar-refractivity contribution in [2.75, 3.05) is 0 Å². The molecule has 0 aromatic heterocycles. The van der Waals surface area contributed by atoms with E-state index >= 15 is 0 Å². The van der Waals surface area contributed by atoms with Crippen molar-refractivity contribution in [1.82, 2.24) is 0 Å². The van der Waals surface area contributed by atoms with Gasteiger partial charge in [-0.3, -0.25) is 9.11 Å². The van der Waals surface area contributed by atoms with Crippen molar-refractivity contribution in [2.24, 2.45) is 0 Å². The van der Waals surface area contributed by atoms with E-state index in [-0.39, 0.29) is 50.2 Å². The van der Waals surface area contributed by atoms with Gasteiger partial charge in [-0.15, -0.1) is 0 Å². The van der Waals surface area contributed by atoms with Gasteiger partial charge in [-0.25, -0.2) is 0 Å². The molecule has 0 atom stereocenters. The fourth-order valence-electron chi connectivity index (χ4n) is 0. The van der Waals surface area contributed by atoms with E-state index in [1.54, 1.807) is 0 Å². The van der Waals surface area contributed by atoms with Crippen LogP contribution in [0.2, 0.25) is 0 Å². The Hall–Kier alpha value is 0.162. The molecular formula is H17AlO10S. The molecular weight excluding hydrogens is 219 g/mol. The van der Waals surface area contributed by atoms with E-state index in [1.165, 1.54) is 0 Å². The van der Waals surface area contributed by atoms with Gasteiger partial charge in [0.25, 0.3) is 0 Å². The average molecular weight is 236 g/mol. The molecule has 12 heavy (non-hydrogen) atoms. The van der Waals surface area contributed by atoms with Crippen molar-refractivity contribution in [2.45, 2.75) is 0 Å². The van der Waals surface area contributed by atoms with Crippen molar-refractivity contribution < 1.29 is 50.4 Å². The molecule has 0 aliphatic rings. The highest BCUT2D eigenvalue weighted by molar-refractivity contribution is 7.79. The predicted molar refractivity (Wildman–Crippen MR) is 45.8 cm³/mol. The molecule has 0 radical (unpaired) electrons. The van der Waals surface area contributed by atoms with E-state index < -0.39 is 10.4 Å². The van der Waals surface area contributed by atoms with Gasteiger partial charge in [-0.05, 0) is 0 Å². The molecule has 14 N–H and O–H groups in total. The van der Waals surface area contributed by atoms with Gasteiger partial charge in [-0.1, -0.05) is 0 Å². The van der Waals surface area contributed by atoms with Crippen LogP contribution < -0.4 is 0 Å². The summed E-state index contributed by atoms with van der Waals surface area (Å²) >= 11 is 0. The van der Waals surface area contributed by atoms with Gasteiger partial charge in [0.1, 0.15) is 0 Å². The lowest BCUT2D eigenvalue weighted by Crippen LogP contribution is -1.89. The molecule has 0 aliphatic carbocycles. The summed E-state index contributed by atoms with van der Waals surface area (Å²) < 4.78 is 31.6. The van der Waals surface area contributed by atoms with Crippen LogP contribution in [0.3, 0.4) is 0 Å². The molecule has 0 unspecified atom stereocenters. The van der Waals surface area contributed by atoms with Crippen LogP contribution in [-0.2, 0) is 10.4 Å². The van der Waals surface area contributed by atoms with Gasteiger partial charge in [0.15, 0.2) is 17.4 Å². The van der Waals surface area contributed by atoms with Crippen LogP contribution in [0.5, 0.6) is 0 Å². The van der Waals surface area contributed by atoms with E-state index in [9.17, 15) is 0 Å². The maximum atomic E-state index is 8.74. The Morgan fingerprint density at radius 2 is 0.667 bits per heavy atom. The summed E-state index contributed by atoms with van der Waals surface area (Å²) in [5.74, 6) is 0. The van der Waals surface area contributed by atoms with Gasteiger partial charge >= 0.3 is 10.4 Å². The molecule has 0 spiro atoms. The van der Waals surface area contributed by atoms with Gasteiger partial charge in [0.2, 0.25) is 0 Å². The lowest BCUT2D eigenvalue weighted by atomic mass is 15.8. The first-order valence-corrected chi connectivity index (χ1v) is 2.10. The molecule has 86 valence electrons. The molecule has 0 amide bonds. The van der Waals surface area contributed by atoms with E-state index in [1.807, 2.05) is 0 Å². The standard InChI is InChI=1S/Al.H2O4S.6H2O.3H/c;1-5(2,3)4;;;;;;;;;/h;(H2,1,2,3,4);6*1H2;;;. The van der Waals surface area contributed by atoms with Crippen molar-refractivity contribution in [3.05, 3.63) is 0 Å². The van der Waals surface area contributed by atoms with Crippen molar-refractivity contribution in [3.8, 4) is 0 Å². The smallest absolute Gasteiger partial charge is 0.394 e. The zero-order valence-electron chi connectivity index (χ0n) is 5.12. The highest BCUT2D eigenvalue weighted by atomic mass is 32.3. The van der Waals surface area contributed by atoms with E-state index in [4.69, 9.17) is 17.5 Å². The summed E-state index contributed by atoms with van der Waals surface area (Å²) in [5.41, 5.74) is 0. The minimum atomic E-state index is -4.67. The maximum absolute atomic E-state index is 8.74. The fraction of sp³-hybridized carbons (Fsp3) is 0. The Labute approximate surface area is 78.8 Å². The zero-order chi connectivity index (χ0) is 4.50. The summed E-state index contributed by atoms with van der Waals surface area (Å²) in [6.07, 6.45) is 0. The monoisotopic (exact) mass is 236 g/mol. The normalized spacial score (nSPS) is 4.83. The Balaban J connectivity index is -0.00000000381. The second-order valence-electron chi connectivity index (χ2n) is 0.448. The Bertz CT molecular complexity index is 93.0. The minimum absolute atomic E-state index is 0. The first kappa shape index (κ1) is 87.5. The molecule has 10 nitrogen and oxygen atoms in total. The van der Waals surface area contributed by atoms with Crippen molar-refractivity contribution >= 4 is 27.8 Å². The summed E-state index contributed by atoms with van der Waals surface area (Å²) in [5, 5.41) is 0. The minimum Gasteiger partial charge on any atom is -0.412 e. The third-order valence-electron chi connectivity index (χ3n) is 0. The van der Waals surface area contributed by atoms with Crippen LogP contribution in [-0.4, -0.2) is 67.7 Å². The van der Waals surface area contributed by atoms with Crippen LogP contribution >= 0.6 is 0 Å². The van der Waals surface area contributed by atoms with Crippen LogP contribution in [0.4, 0.5) is 0 Å². The third-order valence-corrected chi connectivity index (χ3v) is 0. The molecule has 0 aliphatic heterocycles. The molecule has 0 saturated heterocycles. The molecule has 0 fully saturated rings. The lowest BCUT2D eigenvalue weighted by Gasteiger charge is -1.68. The molecule has 0 rings (SSSR count). The highest BCUT2D eigenvalue weighted by Crippen LogP contribution is 1.59. The van der Waals surface area contributed by atoms with Gasteiger partial charge in [0.05, 0.1) is 0 Å². The molecule has 0 aromatic carbocycles. The van der Waals surface area contributed by atoms with Gasteiger partial charge < -0.3 is 32.9 Å². The lowest BCUT2D eigenvalue weighted by molar-refractivity contribution is 0.381. The second kappa shape index (κ2) is 30.4. The quantitative estimate of drug-likeness (QED) is 0.306. The molecule has 0 aromatic rings. The Kier molecular flexibility index (Phi) is 221. The summed E-state index contributed by atoms with van der Waals surface area (Å²) in [6, 6.07) is 0. The number of hydrogen-bond acceptors (Lipinski definition) is 2. The summed E-state index contributed by atoms with van der Waals surface area (Å²) in [4.78, 5) is 0. The largest absolute Gasteiger partial charge is 0.412 e. The van der Waals surface area contributed by atoms with E-state index in [2.05, 4.69) is 0 Å². The predicted octanol–water partition coefficient (Wildman–Crippen LogP) is -6.78. The summed E-state index contributed by atoms with van der Waals surface area (Å²) in [6.45, 7) is 0. The van der Waals surface area contributed by atoms with E-state index in [0.29, 0.717) is 0 Å². The fourth-order valence-corrected chi connectivity index (χ4v) is 0. The number of rotatable bonds is 0. The van der Waals surface area contributed by atoms with Crippen LogP contribution in [0.15, 0.2) is 0 Å². The van der Waals surface area contributed by atoms with Gasteiger partial charge in [0, 0.05) is 0 Å². The molecule has 12 heteroatoms. The van der Waals surface area contributed by atoms with Gasteiger partial charge in [-0.2, -0.15) is 8.42 Å². The summed E-state index contributed by atoms with van der Waals surface area (Å²) in [7, 11) is -4.67. The van der Waals surface area contributed by atoms with Crippen molar-refractivity contribution in [1.29, 1.82) is 0 Å². The topological polar surface area (TPSA) is 264 Å². The van der Waals surface area contributed by atoms with Crippen LogP contribution in [0.1, 0.15) is 0 Å². The first-order valence-electron chi connectivity index (χ1n) is 0.698. The molecule has 0 saturated carbocycles. The number of hydrogen-bond donors (Lipinski definition) is 2. The first-order chi connectivity index (χ1) is 2.00. The van der Waals surface area contributed by atoms with E-state index in [0.717, 1.165) is 0 Å². The van der Waals surface area contributed by atoms with Crippen molar-refractivity contribution in [3.63, 3.8) is 0 Å². The molecule has 0 heterocycles. The Morgan fingerprint density at radius 3 is 0.667 bits per heavy atom. The third kappa shape index (κ3) is 32300. The van der Waals surface area contributed by atoms with Crippen LogP contribution in [0.25, 0.3) is 0 Å². The van der Waals surface area contributed by atoms with Crippen LogP contribution in [0, 0.1) is 0 Å². The second-order valence-corrected chi connectivity index (χ2v) is 1.34. The molecule has 0 bridgehead atoms. The SMILES string of the molecule is O.O.O.O.O.O.O=S(=O)(O)O.[AlH3]. The highest BCUT2D eigenvalue weighted by Gasteiger charge is 1.84. The zero-order valence-corrected chi connectivity index (χ0v) is 5.94. The Morgan fingerprint density at radius 1 is 0.667 bits per heavy atom. The average Bonchev–Trinajstić information content (AvgIpc) is 0.722. The maximum Gasteiger partial charge on any atom is 0.394 e.